The summed E-state index contributed by atoms with van der Waals surface area (Å²) in [7, 11) is 1.46. The zero-order valence-electron chi connectivity index (χ0n) is 10.6. The molecule has 0 aromatic rings. The van der Waals surface area contributed by atoms with E-state index in [9.17, 15) is 4.21 Å². The highest BCUT2D eigenvalue weighted by atomic mass is 32.2. The summed E-state index contributed by atoms with van der Waals surface area (Å²) in [5, 5.41) is 7.42. The van der Waals surface area contributed by atoms with E-state index in [0.29, 0.717) is 0 Å². The van der Waals surface area contributed by atoms with Crippen molar-refractivity contribution in [2.24, 2.45) is 0 Å². The fourth-order valence-corrected chi connectivity index (χ4v) is 0.794. The Kier molecular flexibility index (Phi) is 11.4. The standard InChI is InChI=1S/C6H12N2.C2H4O2.C2H6OS/c1-3-8-5-4-7(2)6-8;1-2(3)4;1-4(2)3/h4-5H,3,6H2,1-2H3;1H3,(H,3,4);1-2H3. The van der Waals surface area contributed by atoms with Crippen LogP contribution in [0.2, 0.25) is 0 Å². The SMILES string of the molecule is CC(=O)O.CCN1C=CN(C)C1.CS(C)=O. The third kappa shape index (κ3) is 18.7. The van der Waals surface area contributed by atoms with Crippen LogP contribution in [0, 0.1) is 0 Å². The third-order valence-electron chi connectivity index (χ3n) is 1.34. The number of hydrogen-bond acceptors (Lipinski definition) is 4. The fraction of sp³-hybridized carbons (Fsp3) is 0.700. The maximum Gasteiger partial charge on any atom is 0.300 e. The van der Waals surface area contributed by atoms with E-state index in [0.717, 1.165) is 20.1 Å². The van der Waals surface area contributed by atoms with E-state index in [2.05, 4.69) is 36.2 Å². The molecule has 0 atom stereocenters. The van der Waals surface area contributed by atoms with Gasteiger partial charge in [-0.15, -0.1) is 0 Å². The van der Waals surface area contributed by atoms with Gasteiger partial charge in [-0.1, -0.05) is 0 Å². The molecular weight excluding hydrogens is 228 g/mol. The van der Waals surface area contributed by atoms with Crippen LogP contribution in [0.5, 0.6) is 0 Å². The van der Waals surface area contributed by atoms with Crippen molar-refractivity contribution < 1.29 is 14.1 Å². The van der Waals surface area contributed by atoms with Crippen molar-refractivity contribution in [1.29, 1.82) is 0 Å². The summed E-state index contributed by atoms with van der Waals surface area (Å²) in [6.45, 7) is 5.40. The van der Waals surface area contributed by atoms with Crippen molar-refractivity contribution in [2.45, 2.75) is 13.8 Å². The molecule has 1 rings (SSSR count). The summed E-state index contributed by atoms with van der Waals surface area (Å²) in [4.78, 5) is 13.4. The van der Waals surface area contributed by atoms with E-state index in [-0.39, 0.29) is 0 Å². The van der Waals surface area contributed by atoms with Crippen molar-refractivity contribution >= 4 is 16.8 Å². The maximum atomic E-state index is 9.56. The van der Waals surface area contributed by atoms with Crippen molar-refractivity contribution in [3.63, 3.8) is 0 Å². The first-order chi connectivity index (χ1) is 7.29. The summed E-state index contributed by atoms with van der Waals surface area (Å²) in [5.41, 5.74) is 0. The Balaban J connectivity index is 0. The number of nitrogens with zero attached hydrogens (tertiary/aromatic N) is 2. The van der Waals surface area contributed by atoms with E-state index in [4.69, 9.17) is 9.90 Å². The van der Waals surface area contributed by atoms with E-state index in [1.165, 1.54) is 0 Å². The molecule has 0 aromatic heterocycles. The predicted molar refractivity (Wildman–Crippen MR) is 67.5 cm³/mol. The number of carboxylic acids is 1. The highest BCUT2D eigenvalue weighted by Crippen LogP contribution is 2.00. The molecule has 0 fully saturated rings. The largest absolute Gasteiger partial charge is 0.481 e. The molecule has 0 spiro atoms. The Morgan fingerprint density at radius 2 is 1.81 bits per heavy atom. The van der Waals surface area contributed by atoms with E-state index in [1.807, 2.05) is 0 Å². The van der Waals surface area contributed by atoms with Gasteiger partial charge in [-0.25, -0.2) is 0 Å². The number of carboxylic acid groups (broad SMARTS) is 1. The minimum atomic E-state index is -0.833. The Hall–Kier alpha value is -1.04. The molecule has 96 valence electrons. The van der Waals surface area contributed by atoms with Crippen LogP contribution in [0.1, 0.15) is 13.8 Å². The first-order valence-electron chi connectivity index (χ1n) is 4.86. The molecule has 0 saturated heterocycles. The van der Waals surface area contributed by atoms with Crippen LogP contribution in [0.25, 0.3) is 0 Å². The number of rotatable bonds is 1. The second-order valence-electron chi connectivity index (χ2n) is 3.36. The predicted octanol–water partition coefficient (Wildman–Crippen LogP) is 0.768. The Morgan fingerprint density at radius 1 is 1.44 bits per heavy atom. The molecule has 1 aliphatic heterocycles. The van der Waals surface area contributed by atoms with Crippen molar-refractivity contribution in [1.82, 2.24) is 9.80 Å². The maximum absolute atomic E-state index is 9.56. The van der Waals surface area contributed by atoms with E-state index >= 15 is 0 Å². The zero-order valence-corrected chi connectivity index (χ0v) is 11.5. The molecular formula is C10H22N2O3S. The van der Waals surface area contributed by atoms with Gasteiger partial charge < -0.3 is 14.9 Å². The normalized spacial score (nSPS) is 12.9. The summed E-state index contributed by atoms with van der Waals surface area (Å²) in [6.07, 6.45) is 7.48. The minimum Gasteiger partial charge on any atom is -0.481 e. The van der Waals surface area contributed by atoms with E-state index in [1.54, 1.807) is 12.5 Å². The lowest BCUT2D eigenvalue weighted by Gasteiger charge is -2.14. The number of carbonyl (C=O) groups is 1. The van der Waals surface area contributed by atoms with Crippen LogP contribution in [0.3, 0.4) is 0 Å². The lowest BCUT2D eigenvalue weighted by molar-refractivity contribution is -0.134. The summed E-state index contributed by atoms with van der Waals surface area (Å²) in [5.74, 6) is -0.833. The van der Waals surface area contributed by atoms with Crippen molar-refractivity contribution in [2.75, 3.05) is 32.8 Å². The second kappa shape index (κ2) is 10.5. The van der Waals surface area contributed by atoms with Gasteiger partial charge in [0, 0.05) is 56.2 Å². The molecule has 0 radical (unpaired) electrons. The average molecular weight is 250 g/mol. The Morgan fingerprint density at radius 3 is 1.94 bits per heavy atom. The quantitative estimate of drug-likeness (QED) is 0.745. The zero-order chi connectivity index (χ0) is 13.1. The monoisotopic (exact) mass is 250 g/mol. The van der Waals surface area contributed by atoms with Crippen LogP contribution in [0.15, 0.2) is 12.4 Å². The molecule has 0 amide bonds. The molecule has 16 heavy (non-hydrogen) atoms. The topological polar surface area (TPSA) is 60.9 Å². The Bertz CT molecular complexity index is 224. The average Bonchev–Trinajstić information content (AvgIpc) is 2.49. The molecule has 1 heterocycles. The number of hydrogen-bond donors (Lipinski definition) is 1. The third-order valence-corrected chi connectivity index (χ3v) is 1.34. The molecule has 0 saturated carbocycles. The molecule has 0 unspecified atom stereocenters. The summed E-state index contributed by atoms with van der Waals surface area (Å²) < 4.78 is 9.56. The van der Waals surface area contributed by atoms with Crippen molar-refractivity contribution in [3.05, 3.63) is 12.4 Å². The van der Waals surface area contributed by atoms with Gasteiger partial charge in [-0.05, 0) is 6.92 Å². The minimum absolute atomic E-state index is 0.611. The summed E-state index contributed by atoms with van der Waals surface area (Å²) >= 11 is 0. The molecule has 1 aliphatic rings. The Labute approximate surface area is 100 Å². The van der Waals surface area contributed by atoms with Crippen molar-refractivity contribution in [3.8, 4) is 0 Å². The summed E-state index contributed by atoms with van der Waals surface area (Å²) in [6, 6.07) is 0. The van der Waals surface area contributed by atoms with Crippen LogP contribution < -0.4 is 0 Å². The highest BCUT2D eigenvalue weighted by Gasteiger charge is 2.03. The lowest BCUT2D eigenvalue weighted by atomic mass is 10.6. The van der Waals surface area contributed by atoms with Gasteiger partial charge >= 0.3 is 0 Å². The van der Waals surface area contributed by atoms with Gasteiger partial charge in [0.15, 0.2) is 0 Å². The van der Waals surface area contributed by atoms with Gasteiger partial charge in [0.25, 0.3) is 5.97 Å². The van der Waals surface area contributed by atoms with Gasteiger partial charge in [0.05, 0.1) is 6.67 Å². The van der Waals surface area contributed by atoms with E-state index < -0.39 is 16.8 Å². The van der Waals surface area contributed by atoms with Gasteiger partial charge in [-0.2, -0.15) is 0 Å². The number of aliphatic carboxylic acids is 1. The lowest BCUT2D eigenvalue weighted by Crippen LogP contribution is -2.21. The molecule has 6 heteroatoms. The molecule has 0 aliphatic carbocycles. The molecule has 1 N–H and O–H groups in total. The van der Waals surface area contributed by atoms with Crippen LogP contribution >= 0.6 is 0 Å². The van der Waals surface area contributed by atoms with Crippen LogP contribution in [-0.2, 0) is 15.6 Å². The molecule has 0 aromatic carbocycles. The molecule has 5 nitrogen and oxygen atoms in total. The first kappa shape index (κ1) is 17.4. The fourth-order valence-electron chi connectivity index (χ4n) is 0.794. The highest BCUT2D eigenvalue weighted by molar-refractivity contribution is 7.83. The van der Waals surface area contributed by atoms with Crippen LogP contribution in [-0.4, -0.2) is 57.9 Å². The first-order valence-corrected chi connectivity index (χ1v) is 6.83. The molecule has 0 bridgehead atoms. The van der Waals surface area contributed by atoms with Gasteiger partial charge in [0.1, 0.15) is 0 Å². The smallest absolute Gasteiger partial charge is 0.300 e. The van der Waals surface area contributed by atoms with Crippen LogP contribution in [0.4, 0.5) is 0 Å². The van der Waals surface area contributed by atoms with Gasteiger partial charge in [-0.3, -0.25) is 9.00 Å². The van der Waals surface area contributed by atoms with Gasteiger partial charge in [0.2, 0.25) is 0 Å². The second-order valence-corrected chi connectivity index (χ2v) is 4.85.